The molecule has 0 radical (unpaired) electrons. The number of quaternary nitrogens is 1. The number of carbonyl (C=O) groups is 2. The first kappa shape index (κ1) is 90.2. The number of ether oxygens (including phenoxy) is 2. The standard InChI is InChI=1S/C84H146NO8P/c1-6-8-10-12-14-16-18-20-22-24-26-28-30-32-34-36-38-40-42-44-46-48-50-52-54-56-58-60-62-64-66-68-70-72-74-76-83(86)90-80-82(81-92-94(88,89)91-79-78-85(3,4)5)93-84(87)77-75-73-71-69-67-65-63-61-59-57-55-53-51-49-47-45-43-41-39-37-35-33-31-29-27-25-23-21-19-17-15-13-11-9-7-2/h9,11,15,17-18,20-21,23-24,26-27,29,33,35,39,41,45,47,51,53,57,59,82H,6-8,10,12-14,16,19,22,25,28,30-32,34,36-38,40,42-44,46,48-50,52,54-56,58,60-81H2,1-5H3/p+1/b11-9-,17-15-,20-18-,23-21-,26-24-,29-27-,35-33-,41-39-,47-45-,53-51-,59-57-. The number of rotatable bonds is 71. The SMILES string of the molecule is CC/C=C\C/C=C\C/C=C\C/C=C\C/C=C\C/C=C\C/C=C\C/C=C\C/C=C\CCCCCCCCCC(=O)OC(COC(=O)CCCCCCCCCCCCCCCCCCCCCCCCC/C=C\C/C=C\CCCCCCC)COP(=O)(O)OCC[N+](C)(C)C. The first-order valence-corrected chi connectivity index (χ1v) is 40.4. The van der Waals surface area contributed by atoms with Gasteiger partial charge in [-0.15, -0.1) is 0 Å². The number of hydrogen-bond donors (Lipinski definition) is 1. The molecule has 0 rings (SSSR count). The predicted octanol–water partition coefficient (Wildman–Crippen LogP) is 25.9. The van der Waals surface area contributed by atoms with Crippen molar-refractivity contribution in [3.8, 4) is 0 Å². The van der Waals surface area contributed by atoms with E-state index in [-0.39, 0.29) is 32.0 Å². The van der Waals surface area contributed by atoms with Crippen molar-refractivity contribution >= 4 is 19.8 Å². The Labute approximate surface area is 581 Å². The van der Waals surface area contributed by atoms with Gasteiger partial charge < -0.3 is 18.9 Å². The summed E-state index contributed by atoms with van der Waals surface area (Å²) in [5, 5.41) is 0. The minimum Gasteiger partial charge on any atom is -0.462 e. The molecule has 2 atom stereocenters. The van der Waals surface area contributed by atoms with Gasteiger partial charge >= 0.3 is 19.8 Å². The smallest absolute Gasteiger partial charge is 0.462 e. The maximum absolute atomic E-state index is 12.9. The molecule has 0 aromatic rings. The summed E-state index contributed by atoms with van der Waals surface area (Å²) in [6.07, 6.45) is 107. The minimum atomic E-state index is -4.41. The van der Waals surface area contributed by atoms with E-state index in [4.69, 9.17) is 18.5 Å². The van der Waals surface area contributed by atoms with E-state index in [2.05, 4.69) is 148 Å². The summed E-state index contributed by atoms with van der Waals surface area (Å²) in [5.41, 5.74) is 0. The van der Waals surface area contributed by atoms with Crippen molar-refractivity contribution in [1.29, 1.82) is 0 Å². The molecule has 0 fully saturated rings. The van der Waals surface area contributed by atoms with Gasteiger partial charge in [0.1, 0.15) is 19.8 Å². The highest BCUT2D eigenvalue weighted by Crippen LogP contribution is 2.43. The predicted molar refractivity (Wildman–Crippen MR) is 408 cm³/mol. The van der Waals surface area contributed by atoms with Crippen LogP contribution in [0.3, 0.4) is 0 Å². The number of phosphoric acid groups is 1. The zero-order valence-corrected chi connectivity index (χ0v) is 62.6. The summed E-state index contributed by atoms with van der Waals surface area (Å²) in [4.78, 5) is 36.0. The highest BCUT2D eigenvalue weighted by molar-refractivity contribution is 7.47. The van der Waals surface area contributed by atoms with E-state index in [1.54, 1.807) is 0 Å². The minimum absolute atomic E-state index is 0.0245. The molecule has 0 aliphatic rings. The third kappa shape index (κ3) is 77.2. The molecule has 0 bridgehead atoms. The van der Waals surface area contributed by atoms with Crippen LogP contribution in [0.15, 0.2) is 134 Å². The van der Waals surface area contributed by atoms with Crippen LogP contribution in [0.4, 0.5) is 0 Å². The van der Waals surface area contributed by atoms with Crippen LogP contribution in [0, 0.1) is 0 Å². The highest BCUT2D eigenvalue weighted by Gasteiger charge is 2.27. The molecular weight excluding hydrogens is 1180 g/mol. The Kier molecular flexibility index (Phi) is 70.4. The normalized spacial score (nSPS) is 13.8. The Morgan fingerprint density at radius 2 is 0.606 bits per heavy atom. The van der Waals surface area contributed by atoms with Gasteiger partial charge in [-0.25, -0.2) is 4.57 Å². The van der Waals surface area contributed by atoms with Crippen molar-refractivity contribution in [3.63, 3.8) is 0 Å². The molecule has 0 aromatic heterocycles. The molecule has 0 aliphatic heterocycles. The van der Waals surface area contributed by atoms with E-state index >= 15 is 0 Å². The largest absolute Gasteiger partial charge is 0.472 e. The summed E-state index contributed by atoms with van der Waals surface area (Å²) in [5.74, 6) is -0.805. The molecule has 0 spiro atoms. The summed E-state index contributed by atoms with van der Waals surface area (Å²) in [7, 11) is 1.46. The fourth-order valence-corrected chi connectivity index (χ4v) is 11.5. The quantitative estimate of drug-likeness (QED) is 0.0211. The van der Waals surface area contributed by atoms with Crippen LogP contribution >= 0.6 is 7.82 Å². The van der Waals surface area contributed by atoms with Crippen LogP contribution in [-0.4, -0.2) is 74.9 Å². The number of allylic oxidation sites excluding steroid dienone is 22. The average molecular weight is 1330 g/mol. The van der Waals surface area contributed by atoms with Crippen LogP contribution in [-0.2, 0) is 32.7 Å². The molecule has 0 heterocycles. The molecule has 0 aromatic carbocycles. The molecule has 94 heavy (non-hydrogen) atoms. The lowest BCUT2D eigenvalue weighted by molar-refractivity contribution is -0.870. The zero-order valence-electron chi connectivity index (χ0n) is 61.7. The van der Waals surface area contributed by atoms with Crippen LogP contribution < -0.4 is 0 Å². The Morgan fingerprint density at radius 1 is 0.340 bits per heavy atom. The van der Waals surface area contributed by atoms with Gasteiger partial charge in [-0.05, 0) is 116 Å². The number of esters is 2. The van der Waals surface area contributed by atoms with E-state index in [1.165, 1.54) is 193 Å². The van der Waals surface area contributed by atoms with Gasteiger partial charge in [-0.1, -0.05) is 340 Å². The molecular formula is C84H147NO8P+. The molecule has 2 unspecified atom stereocenters. The third-order valence-electron chi connectivity index (χ3n) is 16.7. The molecule has 0 aliphatic carbocycles. The monoisotopic (exact) mass is 1330 g/mol. The van der Waals surface area contributed by atoms with Crippen molar-refractivity contribution in [2.75, 3.05) is 47.5 Å². The fourth-order valence-electron chi connectivity index (χ4n) is 10.7. The summed E-state index contributed by atoms with van der Waals surface area (Å²) in [6.45, 7) is 4.32. The molecule has 10 heteroatoms. The van der Waals surface area contributed by atoms with Gasteiger partial charge in [0, 0.05) is 12.8 Å². The van der Waals surface area contributed by atoms with Gasteiger partial charge in [0.15, 0.2) is 6.10 Å². The third-order valence-corrected chi connectivity index (χ3v) is 17.6. The van der Waals surface area contributed by atoms with Gasteiger partial charge in [0.25, 0.3) is 0 Å². The molecule has 540 valence electrons. The van der Waals surface area contributed by atoms with Crippen LogP contribution in [0.1, 0.15) is 335 Å². The van der Waals surface area contributed by atoms with Crippen LogP contribution in [0.25, 0.3) is 0 Å². The Balaban J connectivity index is 4.04. The van der Waals surface area contributed by atoms with E-state index in [0.717, 1.165) is 109 Å². The summed E-state index contributed by atoms with van der Waals surface area (Å²) < 4.78 is 34.8. The second-order valence-corrected chi connectivity index (χ2v) is 28.5. The van der Waals surface area contributed by atoms with E-state index < -0.39 is 26.5 Å². The number of phosphoric ester groups is 1. The molecule has 0 saturated heterocycles. The number of unbranched alkanes of at least 4 members (excludes halogenated alkanes) is 35. The first-order chi connectivity index (χ1) is 46.0. The summed E-state index contributed by atoms with van der Waals surface area (Å²) >= 11 is 0. The molecule has 9 nitrogen and oxygen atoms in total. The average Bonchev–Trinajstić information content (AvgIpc) is 1.68. The molecule has 0 saturated carbocycles. The fraction of sp³-hybridized carbons (Fsp3) is 0.714. The zero-order chi connectivity index (χ0) is 68.3. The number of likely N-dealkylation sites (N-methyl/N-ethyl adjacent to an activating group) is 1. The van der Waals surface area contributed by atoms with Gasteiger partial charge in [-0.2, -0.15) is 0 Å². The summed E-state index contributed by atoms with van der Waals surface area (Å²) in [6, 6.07) is 0. The first-order valence-electron chi connectivity index (χ1n) is 38.9. The molecule has 1 N–H and O–H groups in total. The van der Waals surface area contributed by atoms with Gasteiger partial charge in [0.05, 0.1) is 27.7 Å². The maximum atomic E-state index is 12.9. The van der Waals surface area contributed by atoms with E-state index in [1.807, 2.05) is 21.1 Å². The topological polar surface area (TPSA) is 108 Å². The van der Waals surface area contributed by atoms with Crippen molar-refractivity contribution in [2.45, 2.75) is 341 Å². The van der Waals surface area contributed by atoms with Gasteiger partial charge in [-0.3, -0.25) is 18.6 Å². The lowest BCUT2D eigenvalue weighted by atomic mass is 10.0. The number of hydrogen-bond acceptors (Lipinski definition) is 7. The van der Waals surface area contributed by atoms with Crippen molar-refractivity contribution in [3.05, 3.63) is 134 Å². The Morgan fingerprint density at radius 3 is 0.904 bits per heavy atom. The van der Waals surface area contributed by atoms with E-state index in [9.17, 15) is 19.0 Å². The highest BCUT2D eigenvalue weighted by atomic mass is 31.2. The van der Waals surface area contributed by atoms with Crippen molar-refractivity contribution in [2.24, 2.45) is 0 Å². The number of nitrogens with zero attached hydrogens (tertiary/aromatic N) is 1. The van der Waals surface area contributed by atoms with Crippen molar-refractivity contribution in [1.82, 2.24) is 0 Å². The molecule has 0 amide bonds. The van der Waals surface area contributed by atoms with Crippen LogP contribution in [0.5, 0.6) is 0 Å². The Hall–Kier alpha value is -3.85. The van der Waals surface area contributed by atoms with E-state index in [0.29, 0.717) is 17.4 Å². The number of carbonyl (C=O) groups excluding carboxylic acids is 2. The second-order valence-electron chi connectivity index (χ2n) is 27.0. The lowest BCUT2D eigenvalue weighted by Gasteiger charge is -2.24. The van der Waals surface area contributed by atoms with Crippen LogP contribution in [0.2, 0.25) is 0 Å². The van der Waals surface area contributed by atoms with Gasteiger partial charge in [0.2, 0.25) is 0 Å². The lowest BCUT2D eigenvalue weighted by Crippen LogP contribution is -2.37. The second kappa shape index (κ2) is 73.4. The Bertz CT molecular complexity index is 2050. The maximum Gasteiger partial charge on any atom is 0.472 e. The van der Waals surface area contributed by atoms with Crippen molar-refractivity contribution < 1.29 is 42.1 Å².